The van der Waals surface area contributed by atoms with E-state index in [2.05, 4.69) is 17.4 Å². The summed E-state index contributed by atoms with van der Waals surface area (Å²) in [5.41, 5.74) is 2.07. The van der Waals surface area contributed by atoms with Gasteiger partial charge in [-0.3, -0.25) is 4.79 Å². The van der Waals surface area contributed by atoms with Crippen molar-refractivity contribution in [2.45, 2.75) is 38.4 Å². The number of nitrogens with one attached hydrogen (secondary N) is 2. The van der Waals surface area contributed by atoms with Gasteiger partial charge in [0.25, 0.3) is 5.91 Å². The van der Waals surface area contributed by atoms with Crippen molar-refractivity contribution in [2.24, 2.45) is 0 Å². The molecular weight excluding hydrogens is 352 g/mol. The molecule has 1 fully saturated rings. The SMILES string of the molecule is COc1ccc(C[NH+](CC(=O)N[C@@H](C)c2cc3ccccc3o2)C2CC2)cc1. The Morgan fingerprint density at radius 2 is 1.96 bits per heavy atom. The minimum absolute atomic E-state index is 0.0587. The van der Waals surface area contributed by atoms with Gasteiger partial charge in [0, 0.05) is 23.8 Å². The van der Waals surface area contributed by atoms with Crippen molar-refractivity contribution >= 4 is 16.9 Å². The highest BCUT2D eigenvalue weighted by Gasteiger charge is 2.34. The number of carbonyl (C=O) groups excluding carboxylic acids is 1. The molecular formula is C23H27N2O3+. The summed E-state index contributed by atoms with van der Waals surface area (Å²) < 4.78 is 11.1. The first-order valence-corrected chi connectivity index (χ1v) is 9.87. The molecule has 3 aromatic rings. The van der Waals surface area contributed by atoms with Crippen LogP contribution in [0.2, 0.25) is 0 Å². The summed E-state index contributed by atoms with van der Waals surface area (Å²) in [6.45, 7) is 3.29. The van der Waals surface area contributed by atoms with Crippen molar-refractivity contribution in [3.8, 4) is 5.75 Å². The smallest absolute Gasteiger partial charge is 0.275 e. The van der Waals surface area contributed by atoms with Gasteiger partial charge < -0.3 is 19.4 Å². The first-order chi connectivity index (χ1) is 13.6. The number of quaternary nitrogens is 1. The molecule has 1 aromatic heterocycles. The highest BCUT2D eigenvalue weighted by Crippen LogP contribution is 2.23. The first-order valence-electron chi connectivity index (χ1n) is 9.87. The van der Waals surface area contributed by atoms with E-state index in [1.165, 1.54) is 23.3 Å². The van der Waals surface area contributed by atoms with Crippen LogP contribution in [-0.4, -0.2) is 25.6 Å². The number of carbonyl (C=O) groups is 1. The lowest BCUT2D eigenvalue weighted by Crippen LogP contribution is -3.13. The highest BCUT2D eigenvalue weighted by molar-refractivity contribution is 5.79. The Morgan fingerprint density at radius 3 is 2.64 bits per heavy atom. The lowest BCUT2D eigenvalue weighted by atomic mass is 10.2. The molecule has 1 unspecified atom stereocenters. The third kappa shape index (κ3) is 4.37. The monoisotopic (exact) mass is 379 g/mol. The second-order valence-corrected chi connectivity index (χ2v) is 7.61. The van der Waals surface area contributed by atoms with Gasteiger partial charge in [-0.15, -0.1) is 0 Å². The van der Waals surface area contributed by atoms with Crippen LogP contribution in [-0.2, 0) is 11.3 Å². The number of benzene rings is 2. The summed E-state index contributed by atoms with van der Waals surface area (Å²) in [6.07, 6.45) is 2.38. The Labute approximate surface area is 165 Å². The fraction of sp³-hybridized carbons (Fsp3) is 0.348. The second kappa shape index (κ2) is 8.07. The largest absolute Gasteiger partial charge is 0.497 e. The zero-order valence-corrected chi connectivity index (χ0v) is 16.4. The number of ether oxygens (including phenoxy) is 1. The normalized spacial score (nSPS) is 15.9. The molecule has 0 radical (unpaired) electrons. The molecule has 1 heterocycles. The van der Waals surface area contributed by atoms with Gasteiger partial charge in [-0.2, -0.15) is 0 Å². The molecule has 0 bridgehead atoms. The molecule has 28 heavy (non-hydrogen) atoms. The maximum Gasteiger partial charge on any atom is 0.275 e. The summed E-state index contributed by atoms with van der Waals surface area (Å²) in [4.78, 5) is 14.0. The van der Waals surface area contributed by atoms with Crippen LogP contribution < -0.4 is 15.0 Å². The summed E-state index contributed by atoms with van der Waals surface area (Å²) in [7, 11) is 1.67. The summed E-state index contributed by atoms with van der Waals surface area (Å²) >= 11 is 0. The Morgan fingerprint density at radius 1 is 1.21 bits per heavy atom. The zero-order chi connectivity index (χ0) is 19.5. The molecule has 5 nitrogen and oxygen atoms in total. The van der Waals surface area contributed by atoms with Gasteiger partial charge in [0.15, 0.2) is 6.54 Å². The standard InChI is InChI=1S/C23H26N2O3/c1-16(22-13-18-5-3-4-6-21(18)28-22)24-23(26)15-25(19-9-10-19)14-17-7-11-20(27-2)12-8-17/h3-8,11-13,16,19H,9-10,14-15H2,1-2H3,(H,24,26)/p+1/t16-/m0/s1. The van der Waals surface area contributed by atoms with Crippen molar-refractivity contribution in [3.05, 3.63) is 65.9 Å². The molecule has 1 amide bonds. The Hall–Kier alpha value is -2.79. The number of fused-ring (bicyclic) bond motifs is 1. The zero-order valence-electron chi connectivity index (χ0n) is 16.4. The molecule has 4 rings (SSSR count). The average molecular weight is 379 g/mol. The fourth-order valence-corrected chi connectivity index (χ4v) is 3.63. The first kappa shape index (κ1) is 18.6. The molecule has 2 N–H and O–H groups in total. The van der Waals surface area contributed by atoms with Crippen LogP contribution in [0.4, 0.5) is 0 Å². The van der Waals surface area contributed by atoms with E-state index in [4.69, 9.17) is 9.15 Å². The number of furan rings is 1. The fourth-order valence-electron chi connectivity index (χ4n) is 3.63. The van der Waals surface area contributed by atoms with Crippen molar-refractivity contribution < 1.29 is 18.8 Å². The van der Waals surface area contributed by atoms with E-state index < -0.39 is 0 Å². The summed E-state index contributed by atoms with van der Waals surface area (Å²) in [5, 5.41) is 4.16. The minimum atomic E-state index is -0.152. The van der Waals surface area contributed by atoms with Crippen molar-refractivity contribution in [1.82, 2.24) is 5.32 Å². The van der Waals surface area contributed by atoms with Crippen LogP contribution in [0.25, 0.3) is 11.0 Å². The maximum absolute atomic E-state index is 12.7. The highest BCUT2D eigenvalue weighted by atomic mass is 16.5. The van der Waals surface area contributed by atoms with E-state index in [-0.39, 0.29) is 11.9 Å². The number of methoxy groups -OCH3 is 1. The predicted octanol–water partition coefficient (Wildman–Crippen LogP) is 2.87. The molecule has 1 aliphatic rings. The lowest BCUT2D eigenvalue weighted by molar-refractivity contribution is -0.917. The van der Waals surface area contributed by atoms with Gasteiger partial charge in [0.05, 0.1) is 19.2 Å². The number of rotatable bonds is 8. The molecule has 146 valence electrons. The third-order valence-corrected chi connectivity index (χ3v) is 5.38. The van der Waals surface area contributed by atoms with Gasteiger partial charge in [-0.25, -0.2) is 0 Å². The van der Waals surface area contributed by atoms with Gasteiger partial charge in [-0.05, 0) is 43.3 Å². The number of amides is 1. The van der Waals surface area contributed by atoms with Gasteiger partial charge in [0.1, 0.15) is 23.6 Å². The molecule has 2 aromatic carbocycles. The van der Waals surface area contributed by atoms with E-state index >= 15 is 0 Å². The minimum Gasteiger partial charge on any atom is -0.497 e. The number of hydrogen-bond donors (Lipinski definition) is 2. The number of hydrogen-bond acceptors (Lipinski definition) is 3. The van der Waals surface area contributed by atoms with Crippen LogP contribution in [0.5, 0.6) is 5.75 Å². The Bertz CT molecular complexity index is 911. The van der Waals surface area contributed by atoms with Crippen LogP contribution in [0.15, 0.2) is 59.0 Å². The summed E-state index contributed by atoms with van der Waals surface area (Å²) in [5.74, 6) is 1.70. The molecule has 0 saturated heterocycles. The van der Waals surface area contributed by atoms with E-state index in [0.29, 0.717) is 12.6 Å². The molecule has 0 spiro atoms. The van der Waals surface area contributed by atoms with Crippen LogP contribution in [0, 0.1) is 0 Å². The van der Waals surface area contributed by atoms with Gasteiger partial charge >= 0.3 is 0 Å². The van der Waals surface area contributed by atoms with Crippen LogP contribution in [0.1, 0.15) is 37.1 Å². The third-order valence-electron chi connectivity index (χ3n) is 5.38. The predicted molar refractivity (Wildman–Crippen MR) is 108 cm³/mol. The van der Waals surface area contributed by atoms with E-state index in [9.17, 15) is 4.79 Å². The van der Waals surface area contributed by atoms with Crippen molar-refractivity contribution in [1.29, 1.82) is 0 Å². The van der Waals surface area contributed by atoms with Crippen LogP contribution in [0.3, 0.4) is 0 Å². The lowest BCUT2D eigenvalue weighted by Gasteiger charge is -2.20. The quantitative estimate of drug-likeness (QED) is 0.633. The molecule has 1 aliphatic carbocycles. The van der Waals surface area contributed by atoms with E-state index in [1.54, 1.807) is 7.11 Å². The Balaban J connectivity index is 1.37. The van der Waals surface area contributed by atoms with E-state index in [1.807, 2.05) is 49.4 Å². The second-order valence-electron chi connectivity index (χ2n) is 7.61. The Kier molecular flexibility index (Phi) is 5.35. The maximum atomic E-state index is 12.7. The summed E-state index contributed by atoms with van der Waals surface area (Å²) in [6, 6.07) is 18.4. The van der Waals surface area contributed by atoms with E-state index in [0.717, 1.165) is 29.0 Å². The average Bonchev–Trinajstić information content (AvgIpc) is 3.46. The van der Waals surface area contributed by atoms with Crippen LogP contribution >= 0.6 is 0 Å². The molecule has 2 atom stereocenters. The topological polar surface area (TPSA) is 55.9 Å². The van der Waals surface area contributed by atoms with Gasteiger partial charge in [0.2, 0.25) is 0 Å². The van der Waals surface area contributed by atoms with Crippen molar-refractivity contribution in [2.75, 3.05) is 13.7 Å². The number of para-hydroxylation sites is 1. The van der Waals surface area contributed by atoms with Gasteiger partial charge in [-0.1, -0.05) is 18.2 Å². The molecule has 1 saturated carbocycles. The molecule has 5 heteroatoms. The van der Waals surface area contributed by atoms with Crippen molar-refractivity contribution in [3.63, 3.8) is 0 Å². The molecule has 0 aliphatic heterocycles.